The molecule has 2 nitrogen and oxygen atoms in total. The molecule has 2 N–H and O–H groups in total. The van der Waals surface area contributed by atoms with Gasteiger partial charge in [-0.2, -0.15) is 0 Å². The first-order valence-corrected chi connectivity index (χ1v) is 6.29. The van der Waals surface area contributed by atoms with E-state index < -0.39 is 0 Å². The molecule has 1 fully saturated rings. The van der Waals surface area contributed by atoms with Crippen LogP contribution in [0.25, 0.3) is 0 Å². The zero-order valence-corrected chi connectivity index (χ0v) is 9.73. The van der Waals surface area contributed by atoms with Crippen molar-refractivity contribution in [3.8, 4) is 0 Å². The minimum atomic E-state index is 0.161. The standard InChI is InChI=1S/C11H18N2S/c1-3-4-9-13-10(8-5-6-8)11(14-9)7(2)12/h7-8H,3-6,12H2,1-2H3. The molecule has 1 unspecified atom stereocenters. The molecule has 2 rings (SSSR count). The second kappa shape index (κ2) is 3.99. The second-order valence-electron chi connectivity index (χ2n) is 4.17. The molecule has 1 aliphatic carbocycles. The number of nitrogens with two attached hydrogens (primary N) is 1. The van der Waals surface area contributed by atoms with E-state index in [4.69, 9.17) is 10.7 Å². The Bertz CT molecular complexity index is 294. The van der Waals surface area contributed by atoms with E-state index in [0.29, 0.717) is 0 Å². The van der Waals surface area contributed by atoms with Crippen molar-refractivity contribution in [3.05, 3.63) is 15.6 Å². The third-order valence-electron chi connectivity index (χ3n) is 2.57. The summed E-state index contributed by atoms with van der Waals surface area (Å²) in [5.74, 6) is 0.734. The van der Waals surface area contributed by atoms with Crippen molar-refractivity contribution >= 4 is 11.3 Å². The molecule has 1 aliphatic rings. The largest absolute Gasteiger partial charge is 0.323 e. The van der Waals surface area contributed by atoms with E-state index in [0.717, 1.165) is 12.3 Å². The summed E-state index contributed by atoms with van der Waals surface area (Å²) in [5.41, 5.74) is 7.27. The van der Waals surface area contributed by atoms with Gasteiger partial charge in [-0.05, 0) is 32.6 Å². The van der Waals surface area contributed by atoms with Crippen LogP contribution in [0.3, 0.4) is 0 Å². The van der Waals surface area contributed by atoms with Crippen LogP contribution in [0.4, 0.5) is 0 Å². The number of nitrogens with zero attached hydrogens (tertiary/aromatic N) is 1. The molecule has 0 bridgehead atoms. The SMILES string of the molecule is CCCc1nc(C2CC2)c(C(C)N)s1. The molecule has 3 heteroatoms. The smallest absolute Gasteiger partial charge is 0.0931 e. The van der Waals surface area contributed by atoms with Crippen LogP contribution in [-0.2, 0) is 6.42 Å². The molecule has 1 heterocycles. The molecular formula is C11H18N2S. The number of aromatic nitrogens is 1. The van der Waals surface area contributed by atoms with Gasteiger partial charge in [0, 0.05) is 16.8 Å². The third kappa shape index (κ3) is 1.98. The number of aryl methyl sites for hydroxylation is 1. The van der Waals surface area contributed by atoms with Crippen LogP contribution >= 0.6 is 11.3 Å². The van der Waals surface area contributed by atoms with E-state index >= 15 is 0 Å². The molecule has 1 aromatic heterocycles. The van der Waals surface area contributed by atoms with Crippen LogP contribution in [0.5, 0.6) is 0 Å². The average Bonchev–Trinajstić information content (AvgIpc) is 2.88. The highest BCUT2D eigenvalue weighted by molar-refractivity contribution is 7.11. The number of hydrogen-bond donors (Lipinski definition) is 1. The number of rotatable bonds is 4. The molecule has 0 radical (unpaired) electrons. The molecule has 0 amide bonds. The quantitative estimate of drug-likeness (QED) is 0.829. The van der Waals surface area contributed by atoms with Gasteiger partial charge in [0.1, 0.15) is 0 Å². The third-order valence-corrected chi connectivity index (χ3v) is 3.90. The Hall–Kier alpha value is -0.410. The highest BCUT2D eigenvalue weighted by Crippen LogP contribution is 2.44. The minimum absolute atomic E-state index is 0.161. The van der Waals surface area contributed by atoms with Gasteiger partial charge in [0.2, 0.25) is 0 Å². The predicted molar refractivity (Wildman–Crippen MR) is 60.7 cm³/mol. The summed E-state index contributed by atoms with van der Waals surface area (Å²) in [6.45, 7) is 4.26. The van der Waals surface area contributed by atoms with Gasteiger partial charge >= 0.3 is 0 Å². The maximum absolute atomic E-state index is 5.96. The van der Waals surface area contributed by atoms with E-state index in [9.17, 15) is 0 Å². The molecule has 1 aromatic rings. The lowest BCUT2D eigenvalue weighted by Crippen LogP contribution is -2.05. The van der Waals surface area contributed by atoms with Gasteiger partial charge in [-0.1, -0.05) is 6.92 Å². The highest BCUT2D eigenvalue weighted by Gasteiger charge is 2.30. The Morgan fingerprint density at radius 1 is 1.57 bits per heavy atom. The van der Waals surface area contributed by atoms with E-state index in [1.807, 2.05) is 11.3 Å². The first-order valence-electron chi connectivity index (χ1n) is 5.47. The molecule has 0 spiro atoms. The second-order valence-corrected chi connectivity index (χ2v) is 5.29. The first kappa shape index (κ1) is 10.1. The molecule has 1 atom stereocenters. The monoisotopic (exact) mass is 210 g/mol. The lowest BCUT2D eigenvalue weighted by molar-refractivity contribution is 0.807. The molecule has 14 heavy (non-hydrogen) atoms. The zero-order valence-electron chi connectivity index (χ0n) is 8.92. The van der Waals surface area contributed by atoms with Crippen molar-refractivity contribution in [1.29, 1.82) is 0 Å². The Labute approximate surface area is 89.5 Å². The van der Waals surface area contributed by atoms with Crippen LogP contribution in [-0.4, -0.2) is 4.98 Å². The van der Waals surface area contributed by atoms with Crippen molar-refractivity contribution in [3.63, 3.8) is 0 Å². The Kier molecular flexibility index (Phi) is 2.88. The Balaban J connectivity index is 2.25. The Morgan fingerprint density at radius 3 is 2.79 bits per heavy atom. The molecule has 0 aromatic carbocycles. The minimum Gasteiger partial charge on any atom is -0.323 e. The molecular weight excluding hydrogens is 192 g/mol. The summed E-state index contributed by atoms with van der Waals surface area (Å²) in [7, 11) is 0. The van der Waals surface area contributed by atoms with Crippen molar-refractivity contribution < 1.29 is 0 Å². The number of thiazole rings is 1. The van der Waals surface area contributed by atoms with Crippen molar-refractivity contribution in [2.75, 3.05) is 0 Å². The van der Waals surface area contributed by atoms with Crippen LogP contribution in [0.15, 0.2) is 0 Å². The van der Waals surface area contributed by atoms with Crippen LogP contribution < -0.4 is 5.73 Å². The maximum atomic E-state index is 5.96. The van der Waals surface area contributed by atoms with Gasteiger partial charge in [0.25, 0.3) is 0 Å². The van der Waals surface area contributed by atoms with Crippen LogP contribution in [0.1, 0.15) is 60.6 Å². The normalized spacial score (nSPS) is 18.5. The average molecular weight is 210 g/mol. The summed E-state index contributed by atoms with van der Waals surface area (Å²) in [5, 5.41) is 1.28. The molecule has 1 saturated carbocycles. The highest BCUT2D eigenvalue weighted by atomic mass is 32.1. The lowest BCUT2D eigenvalue weighted by atomic mass is 10.2. The van der Waals surface area contributed by atoms with Gasteiger partial charge in [-0.25, -0.2) is 4.98 Å². The predicted octanol–water partition coefficient (Wildman–Crippen LogP) is 2.99. The van der Waals surface area contributed by atoms with E-state index in [2.05, 4.69) is 13.8 Å². The molecule has 0 saturated heterocycles. The summed E-state index contributed by atoms with van der Waals surface area (Å²) >= 11 is 1.82. The van der Waals surface area contributed by atoms with Gasteiger partial charge in [-0.3, -0.25) is 0 Å². The topological polar surface area (TPSA) is 38.9 Å². The van der Waals surface area contributed by atoms with Crippen LogP contribution in [0, 0.1) is 0 Å². The van der Waals surface area contributed by atoms with E-state index in [1.54, 1.807) is 0 Å². The van der Waals surface area contributed by atoms with E-state index in [1.165, 1.54) is 34.8 Å². The molecule has 78 valence electrons. The first-order chi connectivity index (χ1) is 6.72. The Morgan fingerprint density at radius 2 is 2.29 bits per heavy atom. The fraction of sp³-hybridized carbons (Fsp3) is 0.727. The van der Waals surface area contributed by atoms with Gasteiger partial charge in [-0.15, -0.1) is 11.3 Å². The fourth-order valence-corrected chi connectivity index (χ4v) is 2.89. The van der Waals surface area contributed by atoms with E-state index in [-0.39, 0.29) is 6.04 Å². The van der Waals surface area contributed by atoms with Crippen molar-refractivity contribution in [1.82, 2.24) is 4.98 Å². The summed E-state index contributed by atoms with van der Waals surface area (Å²) in [6, 6.07) is 0.161. The molecule has 0 aliphatic heterocycles. The summed E-state index contributed by atoms with van der Waals surface area (Å²) in [4.78, 5) is 6.05. The van der Waals surface area contributed by atoms with Crippen molar-refractivity contribution in [2.45, 2.75) is 51.5 Å². The summed E-state index contributed by atoms with van der Waals surface area (Å²) in [6.07, 6.45) is 4.91. The van der Waals surface area contributed by atoms with Gasteiger partial charge in [0.05, 0.1) is 10.7 Å². The van der Waals surface area contributed by atoms with Gasteiger partial charge in [0.15, 0.2) is 0 Å². The van der Waals surface area contributed by atoms with Crippen LogP contribution in [0.2, 0.25) is 0 Å². The number of hydrogen-bond acceptors (Lipinski definition) is 3. The van der Waals surface area contributed by atoms with Crippen molar-refractivity contribution in [2.24, 2.45) is 5.73 Å². The van der Waals surface area contributed by atoms with Gasteiger partial charge < -0.3 is 5.73 Å². The summed E-state index contributed by atoms with van der Waals surface area (Å²) < 4.78 is 0. The maximum Gasteiger partial charge on any atom is 0.0931 e. The fourth-order valence-electron chi connectivity index (χ4n) is 1.69. The zero-order chi connectivity index (χ0) is 10.1. The lowest BCUT2D eigenvalue weighted by Gasteiger charge is -2.02.